The summed E-state index contributed by atoms with van der Waals surface area (Å²) < 4.78 is 13.1. The van der Waals surface area contributed by atoms with Crippen LogP contribution >= 0.6 is 0 Å². The topological polar surface area (TPSA) is 50.2 Å². The molecule has 1 aromatic heterocycles. The van der Waals surface area contributed by atoms with Gasteiger partial charge in [-0.2, -0.15) is 4.39 Å². The average molecular weight is 183 g/mol. The van der Waals surface area contributed by atoms with E-state index < -0.39 is 11.9 Å². The van der Waals surface area contributed by atoms with Gasteiger partial charge in [-0.3, -0.25) is 0 Å². The van der Waals surface area contributed by atoms with Gasteiger partial charge < -0.3 is 5.11 Å². The van der Waals surface area contributed by atoms with Gasteiger partial charge in [0.1, 0.15) is 0 Å². The van der Waals surface area contributed by atoms with Crippen LogP contribution in [0, 0.1) is 12.9 Å². The van der Waals surface area contributed by atoms with E-state index in [2.05, 4.69) is 4.98 Å². The number of aromatic nitrogens is 1. The highest BCUT2D eigenvalue weighted by atomic mass is 19.1. The molecule has 0 amide bonds. The third-order valence-electron chi connectivity index (χ3n) is 1.79. The summed E-state index contributed by atoms with van der Waals surface area (Å²) in [5.41, 5.74) is 0.553. The van der Waals surface area contributed by atoms with Crippen LogP contribution in [0.2, 0.25) is 0 Å². The lowest BCUT2D eigenvalue weighted by Crippen LogP contribution is -2.07. The fourth-order valence-corrected chi connectivity index (χ4v) is 1.19. The molecular formula is C9H10FNO2. The molecule has 0 fully saturated rings. The highest BCUT2D eigenvalue weighted by Crippen LogP contribution is 2.14. The molecule has 0 atom stereocenters. The average Bonchev–Trinajstić information content (AvgIpc) is 2.02. The standard InChI is InChI=1S/C9H10FNO2/c1-3-6-7(9(12)13)4-5(2)11-8(6)10/h4H,3H2,1-2H3,(H,12,13). The van der Waals surface area contributed by atoms with Gasteiger partial charge in [-0.25, -0.2) is 9.78 Å². The number of halogens is 1. The molecule has 0 radical (unpaired) electrons. The minimum atomic E-state index is -1.11. The van der Waals surface area contributed by atoms with Gasteiger partial charge in [-0.1, -0.05) is 6.92 Å². The lowest BCUT2D eigenvalue weighted by molar-refractivity contribution is 0.0694. The molecular weight excluding hydrogens is 173 g/mol. The van der Waals surface area contributed by atoms with E-state index in [1.807, 2.05) is 0 Å². The van der Waals surface area contributed by atoms with E-state index in [1.54, 1.807) is 13.8 Å². The van der Waals surface area contributed by atoms with Gasteiger partial charge in [0.25, 0.3) is 0 Å². The molecule has 0 aliphatic carbocycles. The van der Waals surface area contributed by atoms with Crippen LogP contribution in [0.25, 0.3) is 0 Å². The van der Waals surface area contributed by atoms with Crippen molar-refractivity contribution in [1.82, 2.24) is 4.98 Å². The second-order valence-electron chi connectivity index (χ2n) is 2.74. The van der Waals surface area contributed by atoms with Crippen LogP contribution in [0.4, 0.5) is 4.39 Å². The Hall–Kier alpha value is -1.45. The number of nitrogens with zero attached hydrogens (tertiary/aromatic N) is 1. The Morgan fingerprint density at radius 2 is 2.31 bits per heavy atom. The molecule has 1 N–H and O–H groups in total. The molecule has 0 unspecified atom stereocenters. The summed E-state index contributed by atoms with van der Waals surface area (Å²) in [5.74, 6) is -1.79. The number of aromatic carboxylic acids is 1. The van der Waals surface area contributed by atoms with Crippen LogP contribution in [-0.4, -0.2) is 16.1 Å². The van der Waals surface area contributed by atoms with E-state index in [4.69, 9.17) is 5.11 Å². The van der Waals surface area contributed by atoms with Gasteiger partial charge in [-0.15, -0.1) is 0 Å². The van der Waals surface area contributed by atoms with Gasteiger partial charge in [0.15, 0.2) is 0 Å². The number of hydrogen-bond acceptors (Lipinski definition) is 2. The first-order valence-corrected chi connectivity index (χ1v) is 3.95. The molecule has 3 nitrogen and oxygen atoms in total. The molecule has 13 heavy (non-hydrogen) atoms. The number of carbonyl (C=O) groups is 1. The second kappa shape index (κ2) is 3.51. The Morgan fingerprint density at radius 1 is 1.69 bits per heavy atom. The Bertz CT molecular complexity index is 350. The predicted octanol–water partition coefficient (Wildman–Crippen LogP) is 1.79. The minimum absolute atomic E-state index is 0.00694. The van der Waals surface area contributed by atoms with Crippen molar-refractivity contribution >= 4 is 5.97 Å². The summed E-state index contributed by atoms with van der Waals surface area (Å²) in [5, 5.41) is 8.75. The molecule has 0 bridgehead atoms. The highest BCUT2D eigenvalue weighted by Gasteiger charge is 2.14. The van der Waals surface area contributed by atoms with E-state index in [-0.39, 0.29) is 11.1 Å². The molecule has 1 aromatic rings. The Labute approximate surface area is 75.2 Å². The number of hydrogen-bond donors (Lipinski definition) is 1. The van der Waals surface area contributed by atoms with Crippen LogP contribution in [0.15, 0.2) is 6.07 Å². The summed E-state index contributed by atoms with van der Waals surface area (Å²) in [6, 6.07) is 1.38. The number of rotatable bonds is 2. The van der Waals surface area contributed by atoms with Crippen molar-refractivity contribution in [3.8, 4) is 0 Å². The van der Waals surface area contributed by atoms with E-state index in [9.17, 15) is 9.18 Å². The molecule has 0 saturated heterocycles. The highest BCUT2D eigenvalue weighted by molar-refractivity contribution is 5.89. The van der Waals surface area contributed by atoms with E-state index >= 15 is 0 Å². The molecule has 0 spiro atoms. The van der Waals surface area contributed by atoms with Crippen molar-refractivity contribution < 1.29 is 14.3 Å². The third kappa shape index (κ3) is 1.83. The zero-order valence-electron chi connectivity index (χ0n) is 7.47. The molecule has 1 rings (SSSR count). The van der Waals surface area contributed by atoms with Crippen molar-refractivity contribution in [1.29, 1.82) is 0 Å². The minimum Gasteiger partial charge on any atom is -0.478 e. The molecule has 0 aliphatic rings. The Balaban J connectivity index is 3.38. The largest absolute Gasteiger partial charge is 0.478 e. The van der Waals surface area contributed by atoms with Crippen LogP contribution < -0.4 is 0 Å². The zero-order valence-corrected chi connectivity index (χ0v) is 7.47. The summed E-state index contributed by atoms with van der Waals surface area (Å²) in [7, 11) is 0. The van der Waals surface area contributed by atoms with Crippen molar-refractivity contribution in [2.75, 3.05) is 0 Å². The quantitative estimate of drug-likeness (QED) is 0.711. The number of carboxylic acids is 1. The fourth-order valence-electron chi connectivity index (χ4n) is 1.19. The maximum Gasteiger partial charge on any atom is 0.336 e. The first-order chi connectivity index (χ1) is 6.06. The molecule has 70 valence electrons. The Morgan fingerprint density at radius 3 is 2.77 bits per heavy atom. The third-order valence-corrected chi connectivity index (χ3v) is 1.79. The molecule has 0 aliphatic heterocycles. The van der Waals surface area contributed by atoms with Gasteiger partial charge in [0.05, 0.1) is 5.56 Å². The van der Waals surface area contributed by atoms with Crippen LogP contribution in [0.1, 0.15) is 28.5 Å². The maximum atomic E-state index is 13.1. The lowest BCUT2D eigenvalue weighted by atomic mass is 10.1. The van der Waals surface area contributed by atoms with Crippen molar-refractivity contribution in [2.45, 2.75) is 20.3 Å². The summed E-state index contributed by atoms with van der Waals surface area (Å²) in [4.78, 5) is 14.2. The van der Waals surface area contributed by atoms with Crippen molar-refractivity contribution in [2.24, 2.45) is 0 Å². The first-order valence-electron chi connectivity index (χ1n) is 3.95. The predicted molar refractivity (Wildman–Crippen MR) is 45.3 cm³/mol. The van der Waals surface area contributed by atoms with Gasteiger partial charge in [0, 0.05) is 11.3 Å². The summed E-state index contributed by atoms with van der Waals surface area (Å²) >= 11 is 0. The van der Waals surface area contributed by atoms with E-state index in [0.29, 0.717) is 12.1 Å². The second-order valence-corrected chi connectivity index (χ2v) is 2.74. The van der Waals surface area contributed by atoms with Gasteiger partial charge >= 0.3 is 5.97 Å². The van der Waals surface area contributed by atoms with Crippen LogP contribution in [-0.2, 0) is 6.42 Å². The van der Waals surface area contributed by atoms with Gasteiger partial charge in [0.2, 0.25) is 5.95 Å². The van der Waals surface area contributed by atoms with Crippen molar-refractivity contribution in [3.05, 3.63) is 28.8 Å². The van der Waals surface area contributed by atoms with E-state index in [0.717, 1.165) is 0 Å². The smallest absolute Gasteiger partial charge is 0.336 e. The molecule has 0 aromatic carbocycles. The number of carboxylic acid groups (broad SMARTS) is 1. The first kappa shape index (κ1) is 9.64. The number of aryl methyl sites for hydroxylation is 1. The molecule has 1 heterocycles. The zero-order chi connectivity index (χ0) is 10.0. The number of pyridine rings is 1. The summed E-state index contributed by atoms with van der Waals surface area (Å²) in [6.45, 7) is 3.26. The molecule has 4 heteroatoms. The van der Waals surface area contributed by atoms with E-state index in [1.165, 1.54) is 6.07 Å². The SMILES string of the molecule is CCc1c(C(=O)O)cc(C)nc1F. The van der Waals surface area contributed by atoms with Gasteiger partial charge in [-0.05, 0) is 19.4 Å². The summed E-state index contributed by atoms with van der Waals surface area (Å²) in [6.07, 6.45) is 0.334. The van der Waals surface area contributed by atoms with Crippen LogP contribution in [0.3, 0.4) is 0 Å². The monoisotopic (exact) mass is 183 g/mol. The normalized spacial score (nSPS) is 10.1. The molecule has 0 saturated carbocycles. The lowest BCUT2D eigenvalue weighted by Gasteiger charge is -2.04. The Kier molecular flexibility index (Phi) is 2.60. The van der Waals surface area contributed by atoms with Crippen LogP contribution in [0.5, 0.6) is 0 Å². The van der Waals surface area contributed by atoms with Crippen molar-refractivity contribution in [3.63, 3.8) is 0 Å². The fraction of sp³-hybridized carbons (Fsp3) is 0.333. The maximum absolute atomic E-state index is 13.1.